The first-order chi connectivity index (χ1) is 11.9. The SMILES string of the molecule is COc1cccc(/C=C/C(=O)Nc2ccc(F)cc2F)c1OC(F)F. The van der Waals surface area contributed by atoms with Gasteiger partial charge in [0.05, 0.1) is 12.8 Å². The summed E-state index contributed by atoms with van der Waals surface area (Å²) in [5.41, 5.74) is -0.0554. The highest BCUT2D eigenvalue weighted by Crippen LogP contribution is 2.33. The number of anilines is 1. The maximum atomic E-state index is 13.5. The van der Waals surface area contributed by atoms with Crippen LogP contribution in [0.5, 0.6) is 11.5 Å². The van der Waals surface area contributed by atoms with Gasteiger partial charge in [-0.3, -0.25) is 4.79 Å². The number of para-hydroxylation sites is 1. The number of rotatable bonds is 6. The average Bonchev–Trinajstić information content (AvgIpc) is 2.56. The lowest BCUT2D eigenvalue weighted by atomic mass is 10.1. The molecule has 0 fully saturated rings. The molecular weight excluding hydrogens is 342 g/mol. The van der Waals surface area contributed by atoms with Crippen molar-refractivity contribution in [1.82, 2.24) is 0 Å². The van der Waals surface area contributed by atoms with Gasteiger partial charge in [0.2, 0.25) is 5.91 Å². The number of amides is 1. The van der Waals surface area contributed by atoms with E-state index in [0.717, 1.165) is 18.2 Å². The van der Waals surface area contributed by atoms with Crippen molar-refractivity contribution >= 4 is 17.7 Å². The van der Waals surface area contributed by atoms with Crippen LogP contribution in [0, 0.1) is 11.6 Å². The van der Waals surface area contributed by atoms with Gasteiger partial charge in [0, 0.05) is 17.7 Å². The molecule has 4 nitrogen and oxygen atoms in total. The zero-order valence-corrected chi connectivity index (χ0v) is 12.9. The van der Waals surface area contributed by atoms with Crippen molar-refractivity contribution in [2.75, 3.05) is 12.4 Å². The van der Waals surface area contributed by atoms with Crippen LogP contribution in [0.15, 0.2) is 42.5 Å². The average molecular weight is 355 g/mol. The van der Waals surface area contributed by atoms with Crippen LogP contribution in [-0.4, -0.2) is 19.6 Å². The van der Waals surface area contributed by atoms with E-state index in [4.69, 9.17) is 4.74 Å². The molecule has 2 aromatic carbocycles. The Hall–Kier alpha value is -3.03. The number of methoxy groups -OCH3 is 1. The molecule has 2 aromatic rings. The fraction of sp³-hybridized carbons (Fsp3) is 0.118. The van der Waals surface area contributed by atoms with Crippen molar-refractivity contribution in [3.05, 3.63) is 59.7 Å². The largest absolute Gasteiger partial charge is 0.493 e. The second-order valence-corrected chi connectivity index (χ2v) is 4.70. The van der Waals surface area contributed by atoms with E-state index in [2.05, 4.69) is 10.1 Å². The molecule has 0 aromatic heterocycles. The van der Waals surface area contributed by atoms with Crippen LogP contribution in [-0.2, 0) is 4.79 Å². The second-order valence-electron chi connectivity index (χ2n) is 4.70. The molecule has 0 unspecified atom stereocenters. The van der Waals surface area contributed by atoms with E-state index in [1.807, 2.05) is 0 Å². The van der Waals surface area contributed by atoms with E-state index in [0.29, 0.717) is 6.07 Å². The molecule has 0 saturated carbocycles. The third kappa shape index (κ3) is 4.97. The van der Waals surface area contributed by atoms with Crippen molar-refractivity contribution in [2.45, 2.75) is 6.61 Å². The summed E-state index contributed by atoms with van der Waals surface area (Å²) in [7, 11) is 1.28. The molecule has 2 rings (SSSR count). The highest BCUT2D eigenvalue weighted by atomic mass is 19.3. The van der Waals surface area contributed by atoms with Crippen LogP contribution in [0.4, 0.5) is 23.2 Å². The van der Waals surface area contributed by atoms with E-state index >= 15 is 0 Å². The van der Waals surface area contributed by atoms with E-state index in [1.165, 1.54) is 31.4 Å². The monoisotopic (exact) mass is 355 g/mol. The van der Waals surface area contributed by atoms with Crippen molar-refractivity contribution in [3.8, 4) is 11.5 Å². The first kappa shape index (κ1) is 18.3. The van der Waals surface area contributed by atoms with Gasteiger partial charge in [0.15, 0.2) is 11.5 Å². The normalized spacial score (nSPS) is 11.0. The van der Waals surface area contributed by atoms with Gasteiger partial charge in [0.1, 0.15) is 11.6 Å². The first-order valence-electron chi connectivity index (χ1n) is 6.96. The Bertz CT molecular complexity index is 793. The molecule has 1 amide bonds. The van der Waals surface area contributed by atoms with E-state index in [9.17, 15) is 22.4 Å². The lowest BCUT2D eigenvalue weighted by molar-refractivity contribution is -0.111. The number of carbonyl (C=O) groups excluding carboxylic acids is 1. The van der Waals surface area contributed by atoms with Gasteiger partial charge in [0.25, 0.3) is 0 Å². The Morgan fingerprint density at radius 1 is 1.20 bits per heavy atom. The summed E-state index contributed by atoms with van der Waals surface area (Å²) in [6.45, 7) is -3.08. The van der Waals surface area contributed by atoms with E-state index in [1.54, 1.807) is 0 Å². The number of hydrogen-bond acceptors (Lipinski definition) is 3. The summed E-state index contributed by atoms with van der Waals surface area (Å²) in [6.07, 6.45) is 2.20. The van der Waals surface area contributed by atoms with Gasteiger partial charge in [-0.2, -0.15) is 8.78 Å². The van der Waals surface area contributed by atoms with Crippen LogP contribution < -0.4 is 14.8 Å². The summed E-state index contributed by atoms with van der Waals surface area (Å²) < 4.78 is 60.7. The molecule has 0 aliphatic carbocycles. The van der Waals surface area contributed by atoms with Crippen LogP contribution in [0.1, 0.15) is 5.56 Å². The first-order valence-corrected chi connectivity index (χ1v) is 6.96. The summed E-state index contributed by atoms with van der Waals surface area (Å²) in [4.78, 5) is 11.8. The standard InChI is InChI=1S/C17H13F4NO3/c1-24-14-4-2-3-10(16(14)25-17(20)21)5-8-15(23)22-13-7-6-11(18)9-12(13)19/h2-9,17H,1H3,(H,22,23)/b8-5+. The molecule has 25 heavy (non-hydrogen) atoms. The Kier molecular flexibility index (Phi) is 5.99. The van der Waals surface area contributed by atoms with E-state index < -0.39 is 24.2 Å². The van der Waals surface area contributed by atoms with Gasteiger partial charge >= 0.3 is 6.61 Å². The smallest absolute Gasteiger partial charge is 0.387 e. The minimum absolute atomic E-state index is 0.0624. The van der Waals surface area contributed by atoms with Gasteiger partial charge in [-0.25, -0.2) is 8.78 Å². The summed E-state index contributed by atoms with van der Waals surface area (Å²) in [5.74, 6) is -2.64. The topological polar surface area (TPSA) is 47.6 Å². The molecule has 0 bridgehead atoms. The number of nitrogens with one attached hydrogen (secondary N) is 1. The molecule has 0 aliphatic heterocycles. The molecule has 0 radical (unpaired) electrons. The van der Waals surface area contributed by atoms with Crippen LogP contribution >= 0.6 is 0 Å². The molecular formula is C17H13F4NO3. The summed E-state index contributed by atoms with van der Waals surface area (Å²) in [6, 6.07) is 7.04. The fourth-order valence-corrected chi connectivity index (χ4v) is 1.97. The molecule has 8 heteroatoms. The van der Waals surface area contributed by atoms with Crippen molar-refractivity contribution < 1.29 is 31.8 Å². The molecule has 0 aliphatic rings. The third-order valence-electron chi connectivity index (χ3n) is 3.04. The molecule has 1 N–H and O–H groups in total. The Morgan fingerprint density at radius 3 is 2.60 bits per heavy atom. The Labute approximate surface area is 140 Å². The predicted molar refractivity (Wildman–Crippen MR) is 83.6 cm³/mol. The predicted octanol–water partition coefficient (Wildman–Crippen LogP) is 4.23. The molecule has 0 heterocycles. The lowest BCUT2D eigenvalue weighted by Gasteiger charge is -2.12. The molecule has 0 atom stereocenters. The molecule has 0 spiro atoms. The highest BCUT2D eigenvalue weighted by Gasteiger charge is 2.14. The van der Waals surface area contributed by atoms with Crippen molar-refractivity contribution in [3.63, 3.8) is 0 Å². The fourth-order valence-electron chi connectivity index (χ4n) is 1.97. The molecule has 132 valence electrons. The van der Waals surface area contributed by atoms with Crippen molar-refractivity contribution in [2.24, 2.45) is 0 Å². The number of ether oxygens (including phenoxy) is 2. The second kappa shape index (κ2) is 8.18. The maximum Gasteiger partial charge on any atom is 0.387 e. The maximum absolute atomic E-state index is 13.5. The zero-order valence-electron chi connectivity index (χ0n) is 12.9. The van der Waals surface area contributed by atoms with Crippen LogP contribution in [0.2, 0.25) is 0 Å². The number of hydrogen-bond donors (Lipinski definition) is 1. The van der Waals surface area contributed by atoms with Crippen molar-refractivity contribution in [1.29, 1.82) is 0 Å². The lowest BCUT2D eigenvalue weighted by Crippen LogP contribution is -2.09. The van der Waals surface area contributed by atoms with Gasteiger partial charge in [-0.05, 0) is 24.3 Å². The number of halogens is 4. The van der Waals surface area contributed by atoms with Gasteiger partial charge < -0.3 is 14.8 Å². The summed E-state index contributed by atoms with van der Waals surface area (Å²) >= 11 is 0. The molecule has 0 saturated heterocycles. The number of benzene rings is 2. The Balaban J connectivity index is 2.19. The number of alkyl halides is 2. The zero-order chi connectivity index (χ0) is 18.4. The van der Waals surface area contributed by atoms with Crippen LogP contribution in [0.3, 0.4) is 0 Å². The minimum Gasteiger partial charge on any atom is -0.493 e. The van der Waals surface area contributed by atoms with E-state index in [-0.39, 0.29) is 22.7 Å². The highest BCUT2D eigenvalue weighted by molar-refractivity contribution is 6.02. The minimum atomic E-state index is -3.08. The number of carbonyl (C=O) groups is 1. The van der Waals surface area contributed by atoms with Crippen LogP contribution in [0.25, 0.3) is 6.08 Å². The third-order valence-corrected chi connectivity index (χ3v) is 3.04. The van der Waals surface area contributed by atoms with Gasteiger partial charge in [-0.1, -0.05) is 12.1 Å². The Morgan fingerprint density at radius 2 is 1.96 bits per heavy atom. The van der Waals surface area contributed by atoms with Gasteiger partial charge in [-0.15, -0.1) is 0 Å². The summed E-state index contributed by atoms with van der Waals surface area (Å²) in [5, 5.41) is 2.21. The quantitative estimate of drug-likeness (QED) is 0.623.